The lowest BCUT2D eigenvalue weighted by atomic mass is 9.75. The van der Waals surface area contributed by atoms with E-state index in [0.29, 0.717) is 18.2 Å². The summed E-state index contributed by atoms with van der Waals surface area (Å²) in [4.78, 5) is 31.1. The van der Waals surface area contributed by atoms with Gasteiger partial charge in [-0.15, -0.1) is 0 Å². The van der Waals surface area contributed by atoms with Crippen molar-refractivity contribution in [3.63, 3.8) is 0 Å². The monoisotopic (exact) mass is 343 g/mol. The third kappa shape index (κ3) is 3.03. The summed E-state index contributed by atoms with van der Waals surface area (Å²) in [7, 11) is 0. The van der Waals surface area contributed by atoms with Crippen molar-refractivity contribution in [3.05, 3.63) is 22.5 Å². The average Bonchev–Trinajstić information content (AvgIpc) is 3.19. The second kappa shape index (κ2) is 5.70. The number of likely N-dealkylation sites (tertiary alicyclic amines) is 1. The van der Waals surface area contributed by atoms with Gasteiger partial charge < -0.3 is 10.3 Å². The van der Waals surface area contributed by atoms with Crippen LogP contribution in [-0.2, 0) is 6.42 Å². The zero-order valence-electron chi connectivity index (χ0n) is 15.7. The van der Waals surface area contributed by atoms with Crippen LogP contribution in [0.3, 0.4) is 0 Å². The molecule has 0 bridgehead atoms. The highest BCUT2D eigenvalue weighted by Gasteiger charge is 2.40. The second-order valence-electron chi connectivity index (χ2n) is 9.10. The van der Waals surface area contributed by atoms with Gasteiger partial charge in [0, 0.05) is 42.3 Å². The van der Waals surface area contributed by atoms with Crippen LogP contribution in [0.15, 0.2) is 0 Å². The van der Waals surface area contributed by atoms with E-state index in [1.54, 1.807) is 0 Å². The molecule has 1 aromatic rings. The highest BCUT2D eigenvalue weighted by Crippen LogP contribution is 2.37. The first-order valence-corrected chi connectivity index (χ1v) is 9.56. The van der Waals surface area contributed by atoms with Gasteiger partial charge in [0.1, 0.15) is 5.69 Å². The number of ketones is 1. The molecule has 2 aliphatic carbocycles. The number of nitrogens with one attached hydrogen (secondary N) is 2. The van der Waals surface area contributed by atoms with E-state index in [1.165, 1.54) is 12.8 Å². The maximum atomic E-state index is 12.8. The number of hydrogen-bond donors (Lipinski definition) is 2. The number of amides is 1. The molecule has 1 saturated carbocycles. The van der Waals surface area contributed by atoms with Crippen LogP contribution in [0, 0.1) is 12.3 Å². The molecular formula is C20H29N3O2. The number of nitrogens with zero attached hydrogens (tertiary/aromatic N) is 1. The molecule has 1 aliphatic heterocycles. The van der Waals surface area contributed by atoms with Crippen LogP contribution in [0.5, 0.6) is 0 Å². The minimum Gasteiger partial charge on any atom is -0.354 e. The van der Waals surface area contributed by atoms with Crippen molar-refractivity contribution in [1.29, 1.82) is 0 Å². The molecule has 1 aromatic heterocycles. The van der Waals surface area contributed by atoms with E-state index in [0.717, 1.165) is 42.2 Å². The molecule has 2 N–H and O–H groups in total. The lowest BCUT2D eigenvalue weighted by molar-refractivity contribution is 0.0908. The van der Waals surface area contributed by atoms with Crippen molar-refractivity contribution in [2.45, 2.75) is 77.9 Å². The summed E-state index contributed by atoms with van der Waals surface area (Å²) in [5.41, 5.74) is 3.04. The SMILES string of the molecule is Cc1c(C(=O)N[C@H]2C[C@H](C)N(C3CC3)C2)[nH]c2c1C(=O)CC(C)(C)C2. The molecule has 5 heteroatoms. The van der Waals surface area contributed by atoms with Gasteiger partial charge in [-0.25, -0.2) is 0 Å². The molecule has 4 rings (SSSR count). The highest BCUT2D eigenvalue weighted by molar-refractivity contribution is 6.04. The first-order valence-electron chi connectivity index (χ1n) is 9.56. The summed E-state index contributed by atoms with van der Waals surface area (Å²) in [5, 5.41) is 3.20. The van der Waals surface area contributed by atoms with Crippen LogP contribution in [-0.4, -0.2) is 46.2 Å². The van der Waals surface area contributed by atoms with Gasteiger partial charge in [0.25, 0.3) is 5.91 Å². The fraction of sp³-hybridized carbons (Fsp3) is 0.700. The number of hydrogen-bond acceptors (Lipinski definition) is 3. The van der Waals surface area contributed by atoms with Gasteiger partial charge in [-0.05, 0) is 50.5 Å². The van der Waals surface area contributed by atoms with E-state index in [1.807, 2.05) is 6.92 Å². The highest BCUT2D eigenvalue weighted by atomic mass is 16.2. The largest absolute Gasteiger partial charge is 0.354 e. The molecule has 1 saturated heterocycles. The van der Waals surface area contributed by atoms with Gasteiger partial charge in [0.15, 0.2) is 5.78 Å². The summed E-state index contributed by atoms with van der Waals surface area (Å²) >= 11 is 0. The minimum absolute atomic E-state index is 0.0409. The molecule has 2 heterocycles. The van der Waals surface area contributed by atoms with Gasteiger partial charge in [-0.1, -0.05) is 13.8 Å². The summed E-state index contributed by atoms with van der Waals surface area (Å²) in [6.07, 6.45) is 4.97. The number of fused-ring (bicyclic) bond motifs is 1. The lowest BCUT2D eigenvalue weighted by Gasteiger charge is -2.28. The first kappa shape index (κ1) is 16.8. The number of carbonyl (C=O) groups is 2. The fourth-order valence-corrected chi connectivity index (χ4v) is 4.79. The predicted octanol–water partition coefficient (Wildman–Crippen LogP) is 2.83. The van der Waals surface area contributed by atoms with Crippen molar-refractivity contribution in [1.82, 2.24) is 15.2 Å². The van der Waals surface area contributed by atoms with Gasteiger partial charge in [0.05, 0.1) is 0 Å². The average molecular weight is 343 g/mol. The lowest BCUT2D eigenvalue weighted by Crippen LogP contribution is -2.38. The topological polar surface area (TPSA) is 65.2 Å². The van der Waals surface area contributed by atoms with Crippen molar-refractivity contribution >= 4 is 11.7 Å². The Morgan fingerprint density at radius 2 is 2.00 bits per heavy atom. The summed E-state index contributed by atoms with van der Waals surface area (Å²) in [5.74, 6) is 0.0980. The molecule has 0 unspecified atom stereocenters. The maximum Gasteiger partial charge on any atom is 0.268 e. The predicted molar refractivity (Wildman–Crippen MR) is 97.0 cm³/mol. The Kier molecular flexibility index (Phi) is 3.83. The van der Waals surface area contributed by atoms with E-state index < -0.39 is 0 Å². The molecule has 2 atom stereocenters. The zero-order chi connectivity index (χ0) is 17.9. The van der Waals surface area contributed by atoms with Crippen molar-refractivity contribution < 1.29 is 9.59 Å². The van der Waals surface area contributed by atoms with Crippen LogP contribution in [0.2, 0.25) is 0 Å². The Morgan fingerprint density at radius 3 is 2.68 bits per heavy atom. The third-order valence-corrected chi connectivity index (χ3v) is 6.10. The molecule has 2 fully saturated rings. The van der Waals surface area contributed by atoms with E-state index in [-0.39, 0.29) is 23.1 Å². The summed E-state index contributed by atoms with van der Waals surface area (Å²) < 4.78 is 0. The van der Waals surface area contributed by atoms with Crippen molar-refractivity contribution in [2.24, 2.45) is 5.41 Å². The van der Waals surface area contributed by atoms with Crippen LogP contribution in [0.25, 0.3) is 0 Å². The molecule has 136 valence electrons. The molecule has 3 aliphatic rings. The summed E-state index contributed by atoms with van der Waals surface area (Å²) in [6.45, 7) is 9.31. The summed E-state index contributed by atoms with van der Waals surface area (Å²) in [6, 6.07) is 1.48. The van der Waals surface area contributed by atoms with Crippen LogP contribution < -0.4 is 5.32 Å². The quantitative estimate of drug-likeness (QED) is 0.887. The number of rotatable bonds is 3. The van der Waals surface area contributed by atoms with Gasteiger partial charge >= 0.3 is 0 Å². The molecular weight excluding hydrogens is 314 g/mol. The minimum atomic E-state index is -0.0626. The molecule has 0 aromatic carbocycles. The van der Waals surface area contributed by atoms with Gasteiger partial charge in [-0.2, -0.15) is 0 Å². The zero-order valence-corrected chi connectivity index (χ0v) is 15.7. The van der Waals surface area contributed by atoms with E-state index in [9.17, 15) is 9.59 Å². The molecule has 5 nitrogen and oxygen atoms in total. The third-order valence-electron chi connectivity index (χ3n) is 6.10. The fourth-order valence-electron chi connectivity index (χ4n) is 4.79. The Labute approximate surface area is 149 Å². The Hall–Kier alpha value is -1.62. The Balaban J connectivity index is 1.51. The number of carbonyl (C=O) groups excluding carboxylic acids is 2. The Bertz CT molecular complexity index is 730. The van der Waals surface area contributed by atoms with Crippen LogP contribution >= 0.6 is 0 Å². The van der Waals surface area contributed by atoms with Gasteiger partial charge in [-0.3, -0.25) is 14.5 Å². The molecule has 0 radical (unpaired) electrons. The number of H-pyrrole nitrogens is 1. The molecule has 0 spiro atoms. The van der Waals surface area contributed by atoms with Gasteiger partial charge in [0.2, 0.25) is 0 Å². The van der Waals surface area contributed by atoms with Crippen LogP contribution in [0.4, 0.5) is 0 Å². The van der Waals surface area contributed by atoms with E-state index in [2.05, 4.69) is 36.0 Å². The van der Waals surface area contributed by atoms with Crippen molar-refractivity contribution in [2.75, 3.05) is 6.54 Å². The maximum absolute atomic E-state index is 12.8. The first-order chi connectivity index (χ1) is 11.7. The number of aromatic nitrogens is 1. The van der Waals surface area contributed by atoms with Crippen molar-refractivity contribution in [3.8, 4) is 0 Å². The van der Waals surface area contributed by atoms with E-state index in [4.69, 9.17) is 0 Å². The number of Topliss-reactive ketones (excluding diaryl/α,β-unsaturated/α-hetero) is 1. The normalized spacial score (nSPS) is 28.9. The van der Waals surface area contributed by atoms with E-state index >= 15 is 0 Å². The molecule has 25 heavy (non-hydrogen) atoms. The smallest absolute Gasteiger partial charge is 0.268 e. The molecule has 1 amide bonds. The number of aromatic amines is 1. The second-order valence-corrected chi connectivity index (χ2v) is 9.10. The Morgan fingerprint density at radius 1 is 1.28 bits per heavy atom. The standard InChI is InChI=1S/C20H29N3O2/c1-11-7-13(10-23(11)14-5-6-14)21-19(25)18-12(2)17-15(22-18)8-20(3,4)9-16(17)24/h11,13-14,22H,5-10H2,1-4H3,(H,21,25)/t11-,13-/m0/s1. The van der Waals surface area contributed by atoms with Crippen LogP contribution in [0.1, 0.15) is 78.6 Å².